The van der Waals surface area contributed by atoms with Crippen LogP contribution in [0.15, 0.2) is 0 Å². The summed E-state index contributed by atoms with van der Waals surface area (Å²) in [6, 6.07) is 0.794. The Labute approximate surface area is 74.6 Å². The van der Waals surface area contributed by atoms with Crippen molar-refractivity contribution in [1.29, 1.82) is 0 Å². The van der Waals surface area contributed by atoms with Gasteiger partial charge in [-0.25, -0.2) is 0 Å². The van der Waals surface area contributed by atoms with Gasteiger partial charge < -0.3 is 9.47 Å². The Balaban J connectivity index is 2.24. The van der Waals surface area contributed by atoms with Crippen LogP contribution in [0.5, 0.6) is 0 Å². The molecule has 0 unspecified atom stereocenters. The minimum Gasteiger partial charge on any atom is -0.355 e. The largest absolute Gasteiger partial charge is 0.355 e. The molecular formula is C9H19NO2. The predicted octanol–water partition coefficient (Wildman–Crippen LogP) is 1.09. The van der Waals surface area contributed by atoms with Gasteiger partial charge in [-0.1, -0.05) is 6.92 Å². The zero-order chi connectivity index (χ0) is 8.97. The molecule has 1 rings (SSSR count). The molecule has 1 fully saturated rings. The Morgan fingerprint density at radius 3 is 2.25 bits per heavy atom. The van der Waals surface area contributed by atoms with Crippen LogP contribution in [0.1, 0.15) is 19.8 Å². The summed E-state index contributed by atoms with van der Waals surface area (Å²) >= 11 is 0. The molecule has 72 valence electrons. The van der Waals surface area contributed by atoms with Crippen molar-refractivity contribution in [3.05, 3.63) is 0 Å². The third-order valence-corrected chi connectivity index (χ3v) is 2.38. The number of ether oxygens (including phenoxy) is 2. The van der Waals surface area contributed by atoms with Crippen molar-refractivity contribution in [2.24, 2.45) is 0 Å². The molecule has 0 aromatic carbocycles. The van der Waals surface area contributed by atoms with Crippen molar-refractivity contribution < 1.29 is 9.47 Å². The molecule has 0 saturated heterocycles. The van der Waals surface area contributed by atoms with Crippen LogP contribution in [0.25, 0.3) is 0 Å². The van der Waals surface area contributed by atoms with Gasteiger partial charge in [0.1, 0.15) is 0 Å². The maximum atomic E-state index is 5.15. The number of methoxy groups -OCH3 is 2. The van der Waals surface area contributed by atoms with Crippen molar-refractivity contribution in [3.63, 3.8) is 0 Å². The van der Waals surface area contributed by atoms with Crippen molar-refractivity contribution in [1.82, 2.24) is 4.90 Å². The Kier molecular flexibility index (Phi) is 3.98. The third-order valence-electron chi connectivity index (χ3n) is 2.38. The molecule has 0 aromatic rings. The summed E-state index contributed by atoms with van der Waals surface area (Å²) in [5.74, 6) is 0. The number of nitrogens with zero attached hydrogens (tertiary/aromatic N) is 1. The summed E-state index contributed by atoms with van der Waals surface area (Å²) < 4.78 is 10.3. The molecule has 3 nitrogen and oxygen atoms in total. The molecule has 0 radical (unpaired) electrons. The highest BCUT2D eigenvalue weighted by atomic mass is 16.7. The fraction of sp³-hybridized carbons (Fsp3) is 1.00. The van der Waals surface area contributed by atoms with Crippen LogP contribution in [-0.2, 0) is 9.47 Å². The molecule has 3 heteroatoms. The summed E-state index contributed by atoms with van der Waals surface area (Å²) in [7, 11) is 3.38. The van der Waals surface area contributed by atoms with Crippen LogP contribution in [0.3, 0.4) is 0 Å². The van der Waals surface area contributed by atoms with Gasteiger partial charge in [-0.05, 0) is 19.4 Å². The molecule has 0 heterocycles. The second-order valence-electron chi connectivity index (χ2n) is 3.22. The highest BCUT2D eigenvalue weighted by Crippen LogP contribution is 2.26. The lowest BCUT2D eigenvalue weighted by Crippen LogP contribution is -2.35. The maximum Gasteiger partial charge on any atom is 0.169 e. The van der Waals surface area contributed by atoms with E-state index < -0.39 is 0 Å². The van der Waals surface area contributed by atoms with Crippen LogP contribution >= 0.6 is 0 Å². The minimum atomic E-state index is -0.0643. The van der Waals surface area contributed by atoms with Crippen molar-refractivity contribution in [3.8, 4) is 0 Å². The van der Waals surface area contributed by atoms with Crippen LogP contribution in [0.2, 0.25) is 0 Å². The second-order valence-corrected chi connectivity index (χ2v) is 3.22. The van der Waals surface area contributed by atoms with Crippen LogP contribution in [-0.4, -0.2) is 44.5 Å². The van der Waals surface area contributed by atoms with Gasteiger partial charge in [-0.2, -0.15) is 0 Å². The molecule has 1 aliphatic carbocycles. The molecule has 0 spiro atoms. The fourth-order valence-corrected chi connectivity index (χ4v) is 1.41. The van der Waals surface area contributed by atoms with E-state index in [9.17, 15) is 0 Å². The number of hydrogen-bond donors (Lipinski definition) is 0. The van der Waals surface area contributed by atoms with Gasteiger partial charge >= 0.3 is 0 Å². The third kappa shape index (κ3) is 2.73. The summed E-state index contributed by atoms with van der Waals surface area (Å²) in [6.07, 6.45) is 2.62. The average molecular weight is 173 g/mol. The Bertz CT molecular complexity index is 122. The van der Waals surface area contributed by atoms with Crippen molar-refractivity contribution in [2.75, 3.05) is 27.3 Å². The van der Waals surface area contributed by atoms with E-state index in [0.29, 0.717) is 0 Å². The summed E-state index contributed by atoms with van der Waals surface area (Å²) in [5, 5.41) is 0. The Morgan fingerprint density at radius 2 is 1.92 bits per heavy atom. The van der Waals surface area contributed by atoms with Crippen LogP contribution in [0, 0.1) is 0 Å². The summed E-state index contributed by atoms with van der Waals surface area (Å²) in [6.45, 7) is 4.17. The number of hydrogen-bond acceptors (Lipinski definition) is 3. The summed E-state index contributed by atoms with van der Waals surface area (Å²) in [5.41, 5.74) is 0. The first-order valence-corrected chi connectivity index (χ1v) is 4.61. The predicted molar refractivity (Wildman–Crippen MR) is 48.1 cm³/mol. The van der Waals surface area contributed by atoms with Gasteiger partial charge in [-0.15, -0.1) is 0 Å². The van der Waals surface area contributed by atoms with Gasteiger partial charge in [-0.3, -0.25) is 4.90 Å². The van der Waals surface area contributed by atoms with Crippen LogP contribution in [0.4, 0.5) is 0 Å². The first-order chi connectivity index (χ1) is 5.81. The van der Waals surface area contributed by atoms with E-state index in [2.05, 4.69) is 11.8 Å². The summed E-state index contributed by atoms with van der Waals surface area (Å²) in [4.78, 5) is 2.41. The SMILES string of the molecule is CCN(CC(OC)OC)C1CC1. The zero-order valence-corrected chi connectivity index (χ0v) is 8.25. The topological polar surface area (TPSA) is 21.7 Å². The maximum absolute atomic E-state index is 5.15. The molecule has 1 aliphatic rings. The highest BCUT2D eigenvalue weighted by molar-refractivity contribution is 4.84. The van der Waals surface area contributed by atoms with E-state index >= 15 is 0 Å². The first-order valence-electron chi connectivity index (χ1n) is 4.61. The Hall–Kier alpha value is -0.120. The Morgan fingerprint density at radius 1 is 1.33 bits per heavy atom. The number of likely N-dealkylation sites (N-methyl/N-ethyl adjacent to an activating group) is 1. The average Bonchev–Trinajstić information content (AvgIpc) is 2.90. The lowest BCUT2D eigenvalue weighted by Gasteiger charge is -2.24. The zero-order valence-electron chi connectivity index (χ0n) is 8.25. The van der Waals surface area contributed by atoms with E-state index in [1.165, 1.54) is 12.8 Å². The van der Waals surface area contributed by atoms with E-state index in [4.69, 9.17) is 9.47 Å². The van der Waals surface area contributed by atoms with E-state index in [-0.39, 0.29) is 6.29 Å². The number of rotatable bonds is 6. The molecule has 0 atom stereocenters. The molecule has 1 saturated carbocycles. The van der Waals surface area contributed by atoms with E-state index in [1.54, 1.807) is 14.2 Å². The molecule has 0 bridgehead atoms. The van der Waals surface area contributed by atoms with Crippen molar-refractivity contribution in [2.45, 2.75) is 32.1 Å². The van der Waals surface area contributed by atoms with E-state index in [1.807, 2.05) is 0 Å². The molecular weight excluding hydrogens is 154 g/mol. The normalized spacial score (nSPS) is 17.8. The van der Waals surface area contributed by atoms with Gasteiger partial charge in [0.2, 0.25) is 0 Å². The molecule has 12 heavy (non-hydrogen) atoms. The monoisotopic (exact) mass is 173 g/mol. The van der Waals surface area contributed by atoms with Gasteiger partial charge in [0.05, 0.1) is 0 Å². The van der Waals surface area contributed by atoms with Gasteiger partial charge in [0.15, 0.2) is 6.29 Å². The fourth-order valence-electron chi connectivity index (χ4n) is 1.41. The van der Waals surface area contributed by atoms with Gasteiger partial charge in [0, 0.05) is 26.8 Å². The minimum absolute atomic E-state index is 0.0643. The van der Waals surface area contributed by atoms with Gasteiger partial charge in [0.25, 0.3) is 0 Å². The second kappa shape index (κ2) is 4.80. The lowest BCUT2D eigenvalue weighted by atomic mass is 10.4. The van der Waals surface area contributed by atoms with Crippen LogP contribution < -0.4 is 0 Å². The smallest absolute Gasteiger partial charge is 0.169 e. The van der Waals surface area contributed by atoms with Crippen molar-refractivity contribution >= 4 is 0 Å². The molecule has 0 N–H and O–H groups in total. The highest BCUT2D eigenvalue weighted by Gasteiger charge is 2.29. The molecule has 0 amide bonds. The molecule has 0 aromatic heterocycles. The molecule has 0 aliphatic heterocycles. The quantitative estimate of drug-likeness (QED) is 0.561. The lowest BCUT2D eigenvalue weighted by molar-refractivity contribution is -0.116. The van der Waals surface area contributed by atoms with E-state index in [0.717, 1.165) is 19.1 Å². The first kappa shape index (κ1) is 9.96. The standard InChI is InChI=1S/C9H19NO2/c1-4-10(8-5-6-8)7-9(11-2)12-3/h8-9H,4-7H2,1-3H3.